The second-order valence-corrected chi connectivity index (χ2v) is 7.65. The van der Waals surface area contributed by atoms with E-state index in [0.29, 0.717) is 28.9 Å². The molecule has 0 bridgehead atoms. The minimum absolute atomic E-state index is 0.0128. The predicted octanol–water partition coefficient (Wildman–Crippen LogP) is 5.10. The van der Waals surface area contributed by atoms with Crippen LogP contribution in [0.2, 0.25) is 10.2 Å². The normalized spacial score (nSPS) is 18.4. The van der Waals surface area contributed by atoms with Gasteiger partial charge < -0.3 is 0 Å². The van der Waals surface area contributed by atoms with Gasteiger partial charge in [-0.05, 0) is 55.5 Å². The van der Waals surface area contributed by atoms with Gasteiger partial charge in [0.05, 0.1) is 11.4 Å². The first-order chi connectivity index (χ1) is 13.3. The first-order valence-corrected chi connectivity index (χ1v) is 9.40. The van der Waals surface area contributed by atoms with Crippen molar-refractivity contribution in [2.75, 3.05) is 0 Å². The molecular formula is C20H15Cl2F2N3O. The third kappa shape index (κ3) is 3.01. The average Bonchev–Trinajstić information content (AvgIpc) is 3.45. The maximum atomic E-state index is 14.6. The molecule has 144 valence electrons. The highest BCUT2D eigenvalue weighted by atomic mass is 35.5. The lowest BCUT2D eigenvalue weighted by Gasteiger charge is -2.16. The summed E-state index contributed by atoms with van der Waals surface area (Å²) in [4.78, 5) is 20.8. The molecule has 1 aliphatic carbocycles. The summed E-state index contributed by atoms with van der Waals surface area (Å²) in [5.74, 6) is -1.40. The summed E-state index contributed by atoms with van der Waals surface area (Å²) in [6.45, 7) is 3.32. The summed E-state index contributed by atoms with van der Waals surface area (Å²) in [5, 5.41) is -0.332. The molecule has 0 saturated heterocycles. The number of aromatic nitrogens is 3. The largest absolute Gasteiger partial charge is 0.277 e. The van der Waals surface area contributed by atoms with E-state index in [4.69, 9.17) is 23.2 Å². The first-order valence-electron chi connectivity index (χ1n) is 8.64. The number of hydrogen-bond donors (Lipinski definition) is 0. The lowest BCUT2D eigenvalue weighted by atomic mass is 10.1. The fourth-order valence-electron chi connectivity index (χ4n) is 3.61. The van der Waals surface area contributed by atoms with E-state index in [9.17, 15) is 13.6 Å². The smallest absolute Gasteiger partial charge is 0.274 e. The van der Waals surface area contributed by atoms with Gasteiger partial charge in [-0.15, -0.1) is 0 Å². The Bertz CT molecular complexity index is 1160. The molecule has 0 aliphatic heterocycles. The Hall–Kier alpha value is -2.31. The Morgan fingerprint density at radius 1 is 1.18 bits per heavy atom. The molecule has 3 aromatic rings. The quantitative estimate of drug-likeness (QED) is 0.552. The molecule has 0 radical (unpaired) electrons. The van der Waals surface area contributed by atoms with E-state index < -0.39 is 11.4 Å². The highest BCUT2D eigenvalue weighted by molar-refractivity contribution is 6.31. The summed E-state index contributed by atoms with van der Waals surface area (Å²) < 4.78 is 29.8. The maximum Gasteiger partial charge on any atom is 0.274 e. The Labute approximate surface area is 169 Å². The lowest BCUT2D eigenvalue weighted by molar-refractivity contribution is 0.598. The second-order valence-electron chi connectivity index (χ2n) is 6.91. The summed E-state index contributed by atoms with van der Waals surface area (Å²) >= 11 is 12.2. The van der Waals surface area contributed by atoms with Crippen LogP contribution in [-0.2, 0) is 0 Å². The summed E-state index contributed by atoms with van der Waals surface area (Å²) in [7, 11) is 0. The lowest BCUT2D eigenvalue weighted by Crippen LogP contribution is -2.24. The molecule has 28 heavy (non-hydrogen) atoms. The van der Waals surface area contributed by atoms with E-state index in [2.05, 4.69) is 9.97 Å². The van der Waals surface area contributed by atoms with Crippen molar-refractivity contribution in [3.05, 3.63) is 85.3 Å². The molecule has 0 N–H and O–H groups in total. The van der Waals surface area contributed by atoms with Crippen molar-refractivity contribution in [1.82, 2.24) is 14.5 Å². The Kier molecular flexibility index (Phi) is 4.71. The maximum absolute atomic E-state index is 14.6. The standard InChI is InChI=1S/C20H15Cl2F2N3O/c1-9-8-26-19(22)16(24)18(9)27-10(2)6-12(15(21)20(27)28)11-7-13(11)17-14(23)4-3-5-25-17/h3-6,8,11,13H,7H2,1-2H3/t11-,13+/m1/s1. The van der Waals surface area contributed by atoms with E-state index >= 15 is 0 Å². The molecule has 3 aromatic heterocycles. The van der Waals surface area contributed by atoms with Gasteiger partial charge in [0.15, 0.2) is 11.0 Å². The SMILES string of the molecule is Cc1cnc(Cl)c(F)c1-n1c(C)cc([C@H]2C[C@@H]2c2ncccc2F)c(Cl)c1=O. The zero-order valence-corrected chi connectivity index (χ0v) is 16.5. The van der Waals surface area contributed by atoms with Gasteiger partial charge in [-0.25, -0.2) is 13.8 Å². The van der Waals surface area contributed by atoms with Crippen molar-refractivity contribution in [1.29, 1.82) is 0 Å². The Morgan fingerprint density at radius 3 is 2.64 bits per heavy atom. The minimum Gasteiger partial charge on any atom is -0.277 e. The van der Waals surface area contributed by atoms with Crippen molar-refractivity contribution in [3.8, 4) is 5.69 Å². The molecule has 8 heteroatoms. The van der Waals surface area contributed by atoms with Gasteiger partial charge in [-0.2, -0.15) is 0 Å². The molecule has 0 unspecified atom stereocenters. The number of hydrogen-bond acceptors (Lipinski definition) is 3. The van der Waals surface area contributed by atoms with E-state index in [1.165, 1.54) is 29.1 Å². The number of aryl methyl sites for hydroxylation is 2. The molecule has 1 aliphatic rings. The molecule has 1 fully saturated rings. The average molecular weight is 422 g/mol. The van der Waals surface area contributed by atoms with Crippen LogP contribution in [-0.4, -0.2) is 14.5 Å². The first kappa shape index (κ1) is 19.0. The van der Waals surface area contributed by atoms with Gasteiger partial charge in [-0.1, -0.05) is 23.2 Å². The number of halogens is 4. The minimum atomic E-state index is -0.782. The predicted molar refractivity (Wildman–Crippen MR) is 104 cm³/mol. The topological polar surface area (TPSA) is 47.8 Å². The third-order valence-electron chi connectivity index (χ3n) is 5.05. The van der Waals surface area contributed by atoms with Crippen LogP contribution in [0.3, 0.4) is 0 Å². The van der Waals surface area contributed by atoms with Crippen LogP contribution in [0.5, 0.6) is 0 Å². The Morgan fingerprint density at radius 2 is 1.93 bits per heavy atom. The van der Waals surface area contributed by atoms with Crippen LogP contribution in [0.25, 0.3) is 5.69 Å². The monoisotopic (exact) mass is 421 g/mol. The Balaban J connectivity index is 1.80. The van der Waals surface area contributed by atoms with Gasteiger partial charge in [-0.3, -0.25) is 14.3 Å². The number of nitrogens with zero attached hydrogens (tertiary/aromatic N) is 3. The van der Waals surface area contributed by atoms with Crippen molar-refractivity contribution in [2.24, 2.45) is 0 Å². The van der Waals surface area contributed by atoms with Gasteiger partial charge in [0.1, 0.15) is 10.8 Å². The summed E-state index contributed by atoms with van der Waals surface area (Å²) in [6.07, 6.45) is 3.58. The zero-order valence-electron chi connectivity index (χ0n) is 15.0. The number of pyridine rings is 3. The van der Waals surface area contributed by atoms with Crippen LogP contribution in [0.1, 0.15) is 40.8 Å². The van der Waals surface area contributed by atoms with Gasteiger partial charge in [0.25, 0.3) is 5.56 Å². The molecular weight excluding hydrogens is 407 g/mol. The molecule has 0 spiro atoms. The molecule has 1 saturated carbocycles. The van der Waals surface area contributed by atoms with Crippen molar-refractivity contribution < 1.29 is 8.78 Å². The molecule has 2 atom stereocenters. The zero-order chi connectivity index (χ0) is 20.2. The fourth-order valence-corrected chi connectivity index (χ4v) is 4.03. The molecule has 4 rings (SSSR count). The van der Waals surface area contributed by atoms with Gasteiger partial charge in [0.2, 0.25) is 0 Å². The van der Waals surface area contributed by atoms with Gasteiger partial charge in [0, 0.05) is 24.0 Å². The van der Waals surface area contributed by atoms with E-state index in [-0.39, 0.29) is 33.5 Å². The highest BCUT2D eigenvalue weighted by Crippen LogP contribution is 2.55. The third-order valence-corrected chi connectivity index (χ3v) is 5.69. The van der Waals surface area contributed by atoms with Crippen molar-refractivity contribution in [2.45, 2.75) is 32.1 Å². The van der Waals surface area contributed by atoms with Crippen LogP contribution < -0.4 is 5.56 Å². The molecule has 4 nitrogen and oxygen atoms in total. The molecule has 0 aromatic carbocycles. The summed E-state index contributed by atoms with van der Waals surface area (Å²) in [5.41, 5.74) is 1.42. The fraction of sp³-hybridized carbons (Fsp3) is 0.250. The van der Waals surface area contributed by atoms with Crippen molar-refractivity contribution in [3.63, 3.8) is 0 Å². The van der Waals surface area contributed by atoms with Crippen LogP contribution >= 0.6 is 23.2 Å². The van der Waals surface area contributed by atoms with Crippen LogP contribution in [0, 0.1) is 25.5 Å². The van der Waals surface area contributed by atoms with E-state index in [1.54, 1.807) is 19.9 Å². The second kappa shape index (κ2) is 6.94. The highest BCUT2D eigenvalue weighted by Gasteiger charge is 2.44. The number of rotatable bonds is 3. The van der Waals surface area contributed by atoms with Gasteiger partial charge >= 0.3 is 0 Å². The molecule has 3 heterocycles. The van der Waals surface area contributed by atoms with E-state index in [1.807, 2.05) is 0 Å². The molecule has 0 amide bonds. The van der Waals surface area contributed by atoms with E-state index in [0.717, 1.165) is 0 Å². The van der Waals surface area contributed by atoms with Crippen LogP contribution in [0.15, 0.2) is 35.4 Å². The summed E-state index contributed by atoms with van der Waals surface area (Å²) in [6, 6.07) is 4.63. The van der Waals surface area contributed by atoms with Crippen LogP contribution in [0.4, 0.5) is 8.78 Å². The van der Waals surface area contributed by atoms with Crippen molar-refractivity contribution >= 4 is 23.2 Å².